The number of thiazole rings is 1. The van der Waals surface area contributed by atoms with Crippen molar-refractivity contribution >= 4 is 50.8 Å². The fourth-order valence-corrected chi connectivity index (χ4v) is 3.92. The molecule has 0 spiro atoms. The van der Waals surface area contributed by atoms with E-state index < -0.39 is 5.97 Å². The molecule has 27 heavy (non-hydrogen) atoms. The molecule has 0 saturated heterocycles. The Bertz CT molecular complexity index is 979. The van der Waals surface area contributed by atoms with Gasteiger partial charge in [-0.05, 0) is 48.4 Å². The molecule has 0 atom stereocenters. The van der Waals surface area contributed by atoms with Gasteiger partial charge in [0.1, 0.15) is 5.01 Å². The number of hydrogen-bond acceptors (Lipinski definition) is 5. The second kappa shape index (κ2) is 8.41. The van der Waals surface area contributed by atoms with Crippen LogP contribution in [-0.4, -0.2) is 29.8 Å². The van der Waals surface area contributed by atoms with E-state index in [0.717, 1.165) is 15.8 Å². The number of ether oxygens (including phenoxy) is 2. The number of aliphatic carboxylic acids is 1. The summed E-state index contributed by atoms with van der Waals surface area (Å²) in [5, 5.41) is 10.4. The minimum Gasteiger partial charge on any atom is -0.493 e. The minimum atomic E-state index is -0.926. The van der Waals surface area contributed by atoms with Crippen LogP contribution in [0.4, 0.5) is 0 Å². The monoisotopic (exact) mass is 403 g/mol. The van der Waals surface area contributed by atoms with Crippen molar-refractivity contribution in [1.82, 2.24) is 4.98 Å². The maximum absolute atomic E-state index is 11.4. The lowest BCUT2D eigenvalue weighted by atomic mass is 10.1. The Kier molecular flexibility index (Phi) is 5.98. The Balaban J connectivity index is 2.08. The second-order valence-electron chi connectivity index (χ2n) is 5.69. The Morgan fingerprint density at radius 1 is 1.33 bits per heavy atom. The first-order valence-corrected chi connectivity index (χ1v) is 9.50. The van der Waals surface area contributed by atoms with Crippen LogP contribution in [0.5, 0.6) is 11.5 Å². The fraction of sp³-hybridized carbons (Fsp3) is 0.200. The van der Waals surface area contributed by atoms with E-state index in [0.29, 0.717) is 33.7 Å². The number of aromatic nitrogens is 1. The number of benzene rings is 2. The SMILES string of the molecule is CCOc1c(Cl)cc(/C=C(\CC(=O)O)c2nc3ccccc3s2)cc1OC. The molecule has 5 nitrogen and oxygen atoms in total. The van der Waals surface area contributed by atoms with Gasteiger partial charge in [0.25, 0.3) is 0 Å². The molecular formula is C20H18ClNO4S. The zero-order chi connectivity index (χ0) is 19.4. The predicted molar refractivity (Wildman–Crippen MR) is 109 cm³/mol. The van der Waals surface area contributed by atoms with Crippen LogP contribution in [0.1, 0.15) is 23.9 Å². The van der Waals surface area contributed by atoms with Crippen molar-refractivity contribution in [1.29, 1.82) is 0 Å². The van der Waals surface area contributed by atoms with Crippen molar-refractivity contribution < 1.29 is 19.4 Å². The van der Waals surface area contributed by atoms with Gasteiger partial charge in [0.2, 0.25) is 0 Å². The molecule has 0 fully saturated rings. The third kappa shape index (κ3) is 4.40. The lowest BCUT2D eigenvalue weighted by Crippen LogP contribution is -1.98. The highest BCUT2D eigenvalue weighted by atomic mass is 35.5. The summed E-state index contributed by atoms with van der Waals surface area (Å²) < 4.78 is 11.9. The maximum Gasteiger partial charge on any atom is 0.307 e. The molecule has 1 heterocycles. The number of carboxylic acids is 1. The van der Waals surface area contributed by atoms with Gasteiger partial charge < -0.3 is 14.6 Å². The van der Waals surface area contributed by atoms with Crippen LogP contribution >= 0.6 is 22.9 Å². The third-order valence-electron chi connectivity index (χ3n) is 3.79. The van der Waals surface area contributed by atoms with Crippen LogP contribution in [0.15, 0.2) is 36.4 Å². The van der Waals surface area contributed by atoms with Crippen molar-refractivity contribution in [3.05, 3.63) is 52.0 Å². The molecule has 0 saturated carbocycles. The van der Waals surface area contributed by atoms with E-state index in [1.165, 1.54) is 18.4 Å². The topological polar surface area (TPSA) is 68.7 Å². The molecule has 0 unspecified atom stereocenters. The van der Waals surface area contributed by atoms with E-state index in [2.05, 4.69) is 4.98 Å². The van der Waals surface area contributed by atoms with Gasteiger partial charge in [-0.2, -0.15) is 0 Å². The number of carbonyl (C=O) groups is 1. The van der Waals surface area contributed by atoms with Gasteiger partial charge in [0.05, 0.1) is 35.4 Å². The van der Waals surface area contributed by atoms with Gasteiger partial charge in [-0.25, -0.2) is 4.98 Å². The Hall–Kier alpha value is -2.57. The number of halogens is 1. The van der Waals surface area contributed by atoms with E-state index in [1.54, 1.807) is 18.2 Å². The lowest BCUT2D eigenvalue weighted by Gasteiger charge is -2.12. The molecule has 0 radical (unpaired) electrons. The molecule has 1 N–H and O–H groups in total. The van der Waals surface area contributed by atoms with Crippen molar-refractivity contribution in [2.24, 2.45) is 0 Å². The number of hydrogen-bond donors (Lipinski definition) is 1. The Morgan fingerprint density at radius 3 is 2.78 bits per heavy atom. The van der Waals surface area contributed by atoms with Crippen molar-refractivity contribution in [3.8, 4) is 11.5 Å². The molecule has 7 heteroatoms. The number of fused-ring (bicyclic) bond motifs is 1. The number of para-hydroxylation sites is 1. The van der Waals surface area contributed by atoms with Crippen LogP contribution in [-0.2, 0) is 4.79 Å². The second-order valence-corrected chi connectivity index (χ2v) is 7.13. The van der Waals surface area contributed by atoms with Crippen molar-refractivity contribution in [3.63, 3.8) is 0 Å². The van der Waals surface area contributed by atoms with Gasteiger partial charge in [0, 0.05) is 0 Å². The van der Waals surface area contributed by atoms with Gasteiger partial charge in [0.15, 0.2) is 11.5 Å². The molecule has 3 rings (SSSR count). The van der Waals surface area contributed by atoms with Crippen LogP contribution in [0, 0.1) is 0 Å². The van der Waals surface area contributed by atoms with E-state index in [4.69, 9.17) is 21.1 Å². The summed E-state index contributed by atoms with van der Waals surface area (Å²) in [6, 6.07) is 11.2. The molecule has 140 valence electrons. The minimum absolute atomic E-state index is 0.146. The molecule has 0 bridgehead atoms. The summed E-state index contributed by atoms with van der Waals surface area (Å²) in [4.78, 5) is 16.0. The summed E-state index contributed by atoms with van der Waals surface area (Å²) in [5.41, 5.74) is 2.16. The zero-order valence-corrected chi connectivity index (χ0v) is 16.4. The van der Waals surface area contributed by atoms with Crippen LogP contribution in [0.25, 0.3) is 21.9 Å². The van der Waals surface area contributed by atoms with Crippen LogP contribution in [0.3, 0.4) is 0 Å². The van der Waals surface area contributed by atoms with E-state index in [1.807, 2.05) is 31.2 Å². The first-order chi connectivity index (χ1) is 13.0. The zero-order valence-electron chi connectivity index (χ0n) is 14.9. The van der Waals surface area contributed by atoms with Gasteiger partial charge in [-0.15, -0.1) is 11.3 Å². The first-order valence-electron chi connectivity index (χ1n) is 8.30. The average Bonchev–Trinajstić information content (AvgIpc) is 3.07. The highest BCUT2D eigenvalue weighted by molar-refractivity contribution is 7.19. The summed E-state index contributed by atoms with van der Waals surface area (Å²) >= 11 is 7.79. The van der Waals surface area contributed by atoms with Crippen molar-refractivity contribution in [2.75, 3.05) is 13.7 Å². The predicted octanol–water partition coefficient (Wildman–Crippen LogP) is 5.37. The summed E-state index contributed by atoms with van der Waals surface area (Å²) in [7, 11) is 1.54. The summed E-state index contributed by atoms with van der Waals surface area (Å²) in [5.74, 6) is 0.0395. The van der Waals surface area contributed by atoms with Gasteiger partial charge >= 0.3 is 5.97 Å². The first kappa shape index (κ1) is 19.2. The quantitative estimate of drug-likeness (QED) is 0.574. The molecule has 0 amide bonds. The number of rotatable bonds is 7. The molecular weight excluding hydrogens is 386 g/mol. The largest absolute Gasteiger partial charge is 0.493 e. The standard InChI is InChI=1S/C20H18ClNO4S/c1-3-26-19-14(21)9-12(10-16(19)25-2)8-13(11-18(23)24)20-22-15-6-4-5-7-17(15)27-20/h4-10H,3,11H2,1-2H3,(H,23,24)/b13-8+. The highest BCUT2D eigenvalue weighted by Gasteiger charge is 2.15. The normalized spacial score (nSPS) is 11.6. The average molecular weight is 404 g/mol. The van der Waals surface area contributed by atoms with Crippen LogP contribution in [0.2, 0.25) is 5.02 Å². The smallest absolute Gasteiger partial charge is 0.307 e. The number of carboxylic acid groups (broad SMARTS) is 1. The Morgan fingerprint density at radius 2 is 2.11 bits per heavy atom. The molecule has 0 aliphatic carbocycles. The molecule has 0 aliphatic heterocycles. The number of nitrogens with zero attached hydrogens (tertiary/aromatic N) is 1. The molecule has 3 aromatic rings. The number of methoxy groups -OCH3 is 1. The highest BCUT2D eigenvalue weighted by Crippen LogP contribution is 2.38. The van der Waals surface area contributed by atoms with E-state index >= 15 is 0 Å². The Labute approximate surface area is 165 Å². The summed E-state index contributed by atoms with van der Waals surface area (Å²) in [6.07, 6.45) is 1.63. The van der Waals surface area contributed by atoms with Gasteiger partial charge in [-0.3, -0.25) is 4.79 Å². The summed E-state index contributed by atoms with van der Waals surface area (Å²) in [6.45, 7) is 2.32. The van der Waals surface area contributed by atoms with E-state index in [-0.39, 0.29) is 6.42 Å². The van der Waals surface area contributed by atoms with Gasteiger partial charge in [-0.1, -0.05) is 23.7 Å². The van der Waals surface area contributed by atoms with E-state index in [9.17, 15) is 9.90 Å². The fourth-order valence-electron chi connectivity index (χ4n) is 2.67. The molecule has 0 aliphatic rings. The molecule has 2 aromatic carbocycles. The lowest BCUT2D eigenvalue weighted by molar-refractivity contribution is -0.135. The maximum atomic E-state index is 11.4. The van der Waals surface area contributed by atoms with Crippen molar-refractivity contribution in [2.45, 2.75) is 13.3 Å². The van der Waals surface area contributed by atoms with Crippen LogP contribution < -0.4 is 9.47 Å². The third-order valence-corrected chi connectivity index (χ3v) is 5.18. The molecule has 1 aromatic heterocycles.